The van der Waals surface area contributed by atoms with Crippen LogP contribution in [0.1, 0.15) is 6.42 Å². The molecule has 0 aromatic carbocycles. The van der Waals surface area contributed by atoms with E-state index in [1.54, 1.807) is 20.4 Å². The number of ether oxygens (including phenoxy) is 1. The molecule has 21 heavy (non-hydrogen) atoms. The van der Waals surface area contributed by atoms with E-state index in [0.29, 0.717) is 0 Å². The van der Waals surface area contributed by atoms with Gasteiger partial charge in [-0.1, -0.05) is 0 Å². The summed E-state index contributed by atoms with van der Waals surface area (Å²) in [5.74, 6) is 0.826. The molecule has 0 fully saturated rings. The van der Waals surface area contributed by atoms with E-state index < -0.39 is 0 Å². The predicted octanol–water partition coefficient (Wildman–Crippen LogP) is 0.0164. The Labute approximate surface area is 127 Å². The van der Waals surface area contributed by atoms with E-state index in [4.69, 9.17) is 4.74 Å². The number of aromatic nitrogens is 2. The molecule has 7 heteroatoms. The summed E-state index contributed by atoms with van der Waals surface area (Å²) >= 11 is 0. The highest BCUT2D eigenvalue weighted by atomic mass is 16.5. The van der Waals surface area contributed by atoms with Gasteiger partial charge in [0.15, 0.2) is 5.96 Å². The Morgan fingerprint density at radius 1 is 1.33 bits per heavy atom. The number of hydrogen-bond acceptors (Lipinski definition) is 4. The number of nitrogens with one attached hydrogen (secondary N) is 2. The minimum atomic E-state index is 0.797. The Morgan fingerprint density at radius 3 is 2.81 bits per heavy atom. The number of methoxy groups -OCH3 is 1. The maximum atomic E-state index is 5.05. The lowest BCUT2D eigenvalue weighted by Crippen LogP contribution is -2.42. The molecule has 0 bridgehead atoms. The Balaban J connectivity index is 2.08. The molecule has 1 rings (SSSR count). The zero-order valence-corrected chi connectivity index (χ0v) is 13.4. The summed E-state index contributed by atoms with van der Waals surface area (Å²) in [6, 6.07) is 1.92. The Hall–Kier alpha value is -1.60. The van der Waals surface area contributed by atoms with Crippen molar-refractivity contribution in [3.63, 3.8) is 0 Å². The van der Waals surface area contributed by atoms with Gasteiger partial charge in [-0.15, -0.1) is 0 Å². The van der Waals surface area contributed by atoms with Gasteiger partial charge in [-0.05, 0) is 19.5 Å². The molecule has 120 valence electrons. The van der Waals surface area contributed by atoms with Gasteiger partial charge in [-0.3, -0.25) is 9.67 Å². The summed E-state index contributed by atoms with van der Waals surface area (Å²) in [7, 11) is 5.64. The molecular formula is C14H28N6O. The molecule has 0 atom stereocenters. The van der Waals surface area contributed by atoms with E-state index in [-0.39, 0.29) is 0 Å². The lowest BCUT2D eigenvalue weighted by molar-refractivity contribution is 0.180. The zero-order chi connectivity index (χ0) is 15.3. The van der Waals surface area contributed by atoms with Crippen LogP contribution in [-0.4, -0.2) is 74.6 Å². The van der Waals surface area contributed by atoms with Crippen molar-refractivity contribution in [3.8, 4) is 0 Å². The van der Waals surface area contributed by atoms with Crippen LogP contribution < -0.4 is 10.6 Å². The summed E-state index contributed by atoms with van der Waals surface area (Å²) < 4.78 is 6.94. The Bertz CT molecular complexity index is 379. The summed E-state index contributed by atoms with van der Waals surface area (Å²) in [5, 5.41) is 10.7. The number of nitrogens with zero attached hydrogens (tertiary/aromatic N) is 4. The monoisotopic (exact) mass is 296 g/mol. The standard InChI is InChI=1S/C14H28N6O/c1-15-14(17-8-12-20-10-4-6-18-20)16-7-11-19(2)9-5-13-21-3/h4,6,10H,5,7-9,11-13H2,1-3H3,(H2,15,16,17). The molecule has 0 aliphatic rings. The molecule has 0 radical (unpaired) electrons. The van der Waals surface area contributed by atoms with Crippen LogP contribution in [0.3, 0.4) is 0 Å². The maximum absolute atomic E-state index is 5.05. The fraction of sp³-hybridized carbons (Fsp3) is 0.714. The Kier molecular flexibility index (Phi) is 9.23. The number of hydrogen-bond donors (Lipinski definition) is 2. The Morgan fingerprint density at radius 2 is 2.14 bits per heavy atom. The second-order valence-electron chi connectivity index (χ2n) is 4.84. The fourth-order valence-electron chi connectivity index (χ4n) is 1.90. The number of aliphatic imine (C=N–C) groups is 1. The van der Waals surface area contributed by atoms with E-state index in [9.17, 15) is 0 Å². The highest BCUT2D eigenvalue weighted by Crippen LogP contribution is 1.87. The van der Waals surface area contributed by atoms with Crippen molar-refractivity contribution in [2.75, 3.05) is 54.0 Å². The summed E-state index contributed by atoms with van der Waals surface area (Å²) in [6.07, 6.45) is 4.79. The molecule has 1 aromatic heterocycles. The van der Waals surface area contributed by atoms with Crippen LogP contribution in [0.5, 0.6) is 0 Å². The first-order chi connectivity index (χ1) is 10.3. The van der Waals surface area contributed by atoms with Crippen LogP contribution in [0.15, 0.2) is 23.5 Å². The molecule has 0 saturated heterocycles. The zero-order valence-electron chi connectivity index (χ0n) is 13.4. The van der Waals surface area contributed by atoms with Crippen LogP contribution in [0.25, 0.3) is 0 Å². The average Bonchev–Trinajstić information content (AvgIpc) is 2.99. The molecule has 2 N–H and O–H groups in total. The van der Waals surface area contributed by atoms with Crippen LogP contribution >= 0.6 is 0 Å². The van der Waals surface area contributed by atoms with E-state index in [2.05, 4.69) is 32.7 Å². The van der Waals surface area contributed by atoms with Crippen molar-refractivity contribution in [3.05, 3.63) is 18.5 Å². The first-order valence-electron chi connectivity index (χ1n) is 7.35. The number of guanidine groups is 1. The highest BCUT2D eigenvalue weighted by Gasteiger charge is 2.00. The van der Waals surface area contributed by atoms with Gasteiger partial charge in [-0.2, -0.15) is 5.10 Å². The molecule has 0 aliphatic carbocycles. The maximum Gasteiger partial charge on any atom is 0.191 e. The summed E-state index contributed by atoms with van der Waals surface area (Å²) in [6.45, 7) is 5.32. The first-order valence-corrected chi connectivity index (χ1v) is 7.35. The fourth-order valence-corrected chi connectivity index (χ4v) is 1.90. The van der Waals surface area contributed by atoms with Gasteiger partial charge in [0, 0.05) is 59.3 Å². The predicted molar refractivity (Wildman–Crippen MR) is 85.6 cm³/mol. The summed E-state index contributed by atoms with van der Waals surface area (Å²) in [5.41, 5.74) is 0. The van der Waals surface area contributed by atoms with Crippen molar-refractivity contribution in [1.29, 1.82) is 0 Å². The largest absolute Gasteiger partial charge is 0.385 e. The molecule has 7 nitrogen and oxygen atoms in total. The SMILES string of the molecule is CN=C(NCCN(C)CCCOC)NCCn1cccn1. The minimum Gasteiger partial charge on any atom is -0.385 e. The lowest BCUT2D eigenvalue weighted by atomic mass is 10.4. The molecule has 1 heterocycles. The quantitative estimate of drug-likeness (QED) is 0.362. The summed E-state index contributed by atoms with van der Waals surface area (Å²) in [4.78, 5) is 6.49. The molecule has 0 aliphatic heterocycles. The van der Waals surface area contributed by atoms with Gasteiger partial charge < -0.3 is 20.3 Å². The molecule has 0 saturated carbocycles. The van der Waals surface area contributed by atoms with Crippen LogP contribution in [0, 0.1) is 0 Å². The minimum absolute atomic E-state index is 0.797. The van der Waals surface area contributed by atoms with Gasteiger partial charge in [0.1, 0.15) is 0 Å². The lowest BCUT2D eigenvalue weighted by Gasteiger charge is -2.18. The molecule has 0 spiro atoms. The van der Waals surface area contributed by atoms with E-state index >= 15 is 0 Å². The van der Waals surface area contributed by atoms with E-state index in [1.807, 2.05) is 16.9 Å². The third-order valence-electron chi connectivity index (χ3n) is 3.09. The van der Waals surface area contributed by atoms with Gasteiger partial charge in [0.25, 0.3) is 0 Å². The number of rotatable bonds is 10. The molecule has 0 unspecified atom stereocenters. The van der Waals surface area contributed by atoms with Crippen molar-refractivity contribution in [2.24, 2.45) is 4.99 Å². The van der Waals surface area contributed by atoms with Crippen LogP contribution in [0.4, 0.5) is 0 Å². The van der Waals surface area contributed by atoms with Gasteiger partial charge in [0.2, 0.25) is 0 Å². The van der Waals surface area contributed by atoms with Crippen LogP contribution in [0.2, 0.25) is 0 Å². The molecule has 0 amide bonds. The number of likely N-dealkylation sites (N-methyl/N-ethyl adjacent to an activating group) is 1. The van der Waals surface area contributed by atoms with Gasteiger partial charge in [-0.25, -0.2) is 0 Å². The van der Waals surface area contributed by atoms with E-state index in [1.165, 1.54) is 0 Å². The third-order valence-corrected chi connectivity index (χ3v) is 3.09. The smallest absolute Gasteiger partial charge is 0.191 e. The van der Waals surface area contributed by atoms with Crippen molar-refractivity contribution < 1.29 is 4.74 Å². The van der Waals surface area contributed by atoms with Crippen molar-refractivity contribution in [2.45, 2.75) is 13.0 Å². The van der Waals surface area contributed by atoms with Gasteiger partial charge in [0.05, 0.1) is 6.54 Å². The molecular weight excluding hydrogens is 268 g/mol. The average molecular weight is 296 g/mol. The normalized spacial score (nSPS) is 11.9. The topological polar surface area (TPSA) is 66.7 Å². The van der Waals surface area contributed by atoms with Gasteiger partial charge >= 0.3 is 0 Å². The van der Waals surface area contributed by atoms with Crippen molar-refractivity contribution in [1.82, 2.24) is 25.3 Å². The molecule has 1 aromatic rings. The van der Waals surface area contributed by atoms with Crippen molar-refractivity contribution >= 4 is 5.96 Å². The first kappa shape index (κ1) is 17.5. The second-order valence-corrected chi connectivity index (χ2v) is 4.84. The third kappa shape index (κ3) is 8.31. The van der Waals surface area contributed by atoms with E-state index in [0.717, 1.165) is 51.7 Å². The second kappa shape index (κ2) is 11.1. The highest BCUT2D eigenvalue weighted by molar-refractivity contribution is 5.79. The van der Waals surface area contributed by atoms with Crippen LogP contribution in [-0.2, 0) is 11.3 Å².